The molecule has 1 fully saturated rings. The maximum Gasteiger partial charge on any atom is 0.258 e. The molecular formula is C16H25ClN2O2. The average Bonchev–Trinajstić information content (AvgIpc) is 2.87. The summed E-state index contributed by atoms with van der Waals surface area (Å²) in [6.45, 7) is 4.57. The second kappa shape index (κ2) is 7.66. The van der Waals surface area contributed by atoms with Crippen LogP contribution in [0.4, 0.5) is 0 Å². The van der Waals surface area contributed by atoms with Gasteiger partial charge in [0.2, 0.25) is 0 Å². The predicted molar refractivity (Wildman–Crippen MR) is 87.1 cm³/mol. The molecule has 1 aromatic rings. The summed E-state index contributed by atoms with van der Waals surface area (Å²) in [5.74, 6) is 0.677. The molecule has 5 heteroatoms. The summed E-state index contributed by atoms with van der Waals surface area (Å²) in [4.78, 5) is 12.0. The first-order valence-electron chi connectivity index (χ1n) is 7.26. The molecule has 0 aromatic heterocycles. The van der Waals surface area contributed by atoms with E-state index >= 15 is 0 Å². The lowest BCUT2D eigenvalue weighted by molar-refractivity contribution is -0.124. The molecule has 1 aromatic carbocycles. The van der Waals surface area contributed by atoms with E-state index < -0.39 is 0 Å². The predicted octanol–water partition coefficient (Wildman–Crippen LogP) is 2.49. The number of nitrogens with two attached hydrogens (primary N) is 1. The Balaban J connectivity index is 0.00000220. The Labute approximate surface area is 132 Å². The first-order valence-corrected chi connectivity index (χ1v) is 7.26. The van der Waals surface area contributed by atoms with Gasteiger partial charge in [0, 0.05) is 6.54 Å². The maximum absolute atomic E-state index is 12.0. The third-order valence-corrected chi connectivity index (χ3v) is 4.05. The zero-order chi connectivity index (χ0) is 14.6. The van der Waals surface area contributed by atoms with Crippen LogP contribution in [0.3, 0.4) is 0 Å². The van der Waals surface area contributed by atoms with E-state index in [2.05, 4.69) is 5.32 Å². The number of nitrogens with one attached hydrogen (secondary N) is 1. The van der Waals surface area contributed by atoms with Crippen LogP contribution in [-0.4, -0.2) is 24.6 Å². The minimum absolute atomic E-state index is 0. The van der Waals surface area contributed by atoms with Crippen molar-refractivity contribution in [2.24, 2.45) is 5.73 Å². The lowest BCUT2D eigenvalue weighted by atomic mass is 9.98. The van der Waals surface area contributed by atoms with E-state index in [0.717, 1.165) is 37.0 Å². The summed E-state index contributed by atoms with van der Waals surface area (Å²) >= 11 is 0. The van der Waals surface area contributed by atoms with Gasteiger partial charge in [-0.2, -0.15) is 0 Å². The van der Waals surface area contributed by atoms with Crippen LogP contribution in [0, 0.1) is 13.8 Å². The van der Waals surface area contributed by atoms with Crippen LogP contribution in [0.25, 0.3) is 0 Å². The highest BCUT2D eigenvalue weighted by Crippen LogP contribution is 2.28. The Morgan fingerprint density at radius 1 is 1.33 bits per heavy atom. The van der Waals surface area contributed by atoms with Crippen molar-refractivity contribution >= 4 is 18.3 Å². The molecule has 1 saturated carbocycles. The van der Waals surface area contributed by atoms with Crippen molar-refractivity contribution in [3.05, 3.63) is 29.3 Å². The van der Waals surface area contributed by atoms with E-state index in [9.17, 15) is 4.79 Å². The first kappa shape index (κ1) is 17.8. The molecule has 4 nitrogen and oxygen atoms in total. The molecule has 0 saturated heterocycles. The topological polar surface area (TPSA) is 64.3 Å². The highest BCUT2D eigenvalue weighted by Gasteiger charge is 2.33. The lowest BCUT2D eigenvalue weighted by Gasteiger charge is -2.28. The molecule has 0 bridgehead atoms. The van der Waals surface area contributed by atoms with Crippen molar-refractivity contribution in [3.63, 3.8) is 0 Å². The Bertz CT molecular complexity index is 485. The highest BCUT2D eigenvalue weighted by molar-refractivity contribution is 5.85. The van der Waals surface area contributed by atoms with Gasteiger partial charge in [0.1, 0.15) is 5.75 Å². The van der Waals surface area contributed by atoms with Crippen LogP contribution in [0.15, 0.2) is 18.2 Å². The normalized spacial score (nSPS) is 16.1. The third kappa shape index (κ3) is 4.61. The highest BCUT2D eigenvalue weighted by atomic mass is 35.5. The van der Waals surface area contributed by atoms with Crippen LogP contribution in [-0.2, 0) is 4.79 Å². The molecule has 21 heavy (non-hydrogen) atoms. The number of halogens is 1. The zero-order valence-electron chi connectivity index (χ0n) is 12.8. The maximum atomic E-state index is 12.0. The molecule has 0 heterocycles. The minimum Gasteiger partial charge on any atom is -0.484 e. The van der Waals surface area contributed by atoms with Crippen molar-refractivity contribution < 1.29 is 9.53 Å². The zero-order valence-corrected chi connectivity index (χ0v) is 13.6. The summed E-state index contributed by atoms with van der Waals surface area (Å²) in [7, 11) is 0. The summed E-state index contributed by atoms with van der Waals surface area (Å²) in [5, 5.41) is 3.05. The Morgan fingerprint density at radius 2 is 2.00 bits per heavy atom. The summed E-state index contributed by atoms with van der Waals surface area (Å²) in [6, 6.07) is 5.94. The van der Waals surface area contributed by atoms with Crippen molar-refractivity contribution in [3.8, 4) is 5.75 Å². The van der Waals surface area contributed by atoms with Gasteiger partial charge in [-0.3, -0.25) is 4.79 Å². The second-order valence-electron chi connectivity index (χ2n) is 5.80. The number of benzene rings is 1. The Hall–Kier alpha value is -1.26. The van der Waals surface area contributed by atoms with Gasteiger partial charge >= 0.3 is 0 Å². The molecule has 0 unspecified atom stereocenters. The lowest BCUT2D eigenvalue weighted by Crippen LogP contribution is -2.52. The van der Waals surface area contributed by atoms with Crippen LogP contribution in [0.1, 0.15) is 36.8 Å². The van der Waals surface area contributed by atoms with Gasteiger partial charge in [-0.05, 0) is 38.3 Å². The molecule has 118 valence electrons. The van der Waals surface area contributed by atoms with Crippen molar-refractivity contribution in [2.45, 2.75) is 45.1 Å². The van der Waals surface area contributed by atoms with E-state index in [1.807, 2.05) is 32.0 Å². The van der Waals surface area contributed by atoms with Crippen molar-refractivity contribution in [1.29, 1.82) is 0 Å². The molecule has 3 N–H and O–H groups in total. The fourth-order valence-corrected chi connectivity index (χ4v) is 2.87. The van der Waals surface area contributed by atoms with Crippen molar-refractivity contribution in [2.75, 3.05) is 13.2 Å². The van der Waals surface area contributed by atoms with E-state index in [4.69, 9.17) is 10.5 Å². The Morgan fingerprint density at radius 3 is 2.57 bits per heavy atom. The van der Waals surface area contributed by atoms with E-state index in [1.165, 1.54) is 5.56 Å². The monoisotopic (exact) mass is 312 g/mol. The molecule has 0 radical (unpaired) electrons. The number of rotatable bonds is 5. The fraction of sp³-hybridized carbons (Fsp3) is 0.562. The van der Waals surface area contributed by atoms with Crippen LogP contribution in [0.5, 0.6) is 5.75 Å². The van der Waals surface area contributed by atoms with Crippen LogP contribution >= 0.6 is 12.4 Å². The number of aryl methyl sites for hydroxylation is 2. The number of hydrogen-bond acceptors (Lipinski definition) is 3. The summed E-state index contributed by atoms with van der Waals surface area (Å²) in [5.41, 5.74) is 7.84. The number of ether oxygens (including phenoxy) is 1. The van der Waals surface area contributed by atoms with Crippen LogP contribution in [0.2, 0.25) is 0 Å². The summed E-state index contributed by atoms with van der Waals surface area (Å²) in [6.07, 6.45) is 4.21. The smallest absolute Gasteiger partial charge is 0.258 e. The molecule has 2 rings (SSSR count). The molecule has 0 spiro atoms. The SMILES string of the molecule is Cc1ccc(OCC(=O)NC2(CN)CCCC2)c(C)c1.Cl. The molecule has 1 amide bonds. The van der Waals surface area contributed by atoms with Gasteiger partial charge in [0.15, 0.2) is 6.61 Å². The molecule has 1 aliphatic rings. The van der Waals surface area contributed by atoms with Crippen LogP contribution < -0.4 is 15.8 Å². The molecular weight excluding hydrogens is 288 g/mol. The summed E-state index contributed by atoms with van der Waals surface area (Å²) < 4.78 is 5.60. The van der Waals surface area contributed by atoms with Gasteiger partial charge in [-0.1, -0.05) is 30.5 Å². The van der Waals surface area contributed by atoms with Crippen molar-refractivity contribution in [1.82, 2.24) is 5.32 Å². The minimum atomic E-state index is -0.206. The second-order valence-corrected chi connectivity index (χ2v) is 5.80. The van der Waals surface area contributed by atoms with E-state index in [1.54, 1.807) is 0 Å². The quantitative estimate of drug-likeness (QED) is 0.878. The number of carbonyl (C=O) groups is 1. The number of hydrogen-bond donors (Lipinski definition) is 2. The van der Waals surface area contributed by atoms with Gasteiger partial charge in [0.05, 0.1) is 5.54 Å². The molecule has 0 aliphatic heterocycles. The fourth-order valence-electron chi connectivity index (χ4n) is 2.87. The van der Waals surface area contributed by atoms with E-state index in [0.29, 0.717) is 6.54 Å². The molecule has 0 atom stereocenters. The first-order chi connectivity index (χ1) is 9.54. The van der Waals surface area contributed by atoms with E-state index in [-0.39, 0.29) is 30.5 Å². The average molecular weight is 313 g/mol. The molecule has 1 aliphatic carbocycles. The Kier molecular flexibility index (Phi) is 6.49. The largest absolute Gasteiger partial charge is 0.484 e. The third-order valence-electron chi connectivity index (χ3n) is 4.05. The van der Waals surface area contributed by atoms with Gasteiger partial charge < -0.3 is 15.8 Å². The number of amides is 1. The van der Waals surface area contributed by atoms with Gasteiger partial charge in [0.25, 0.3) is 5.91 Å². The number of carbonyl (C=O) groups excluding carboxylic acids is 1. The van der Waals surface area contributed by atoms with Gasteiger partial charge in [-0.15, -0.1) is 12.4 Å². The van der Waals surface area contributed by atoms with Gasteiger partial charge in [-0.25, -0.2) is 0 Å². The standard InChI is InChI=1S/C16H24N2O2.ClH/c1-12-5-6-14(13(2)9-12)20-10-15(19)18-16(11-17)7-3-4-8-16;/h5-6,9H,3-4,7-8,10-11,17H2,1-2H3,(H,18,19);1H.